The van der Waals surface area contributed by atoms with Gasteiger partial charge in [0.2, 0.25) is 11.8 Å². The average molecular weight is 313 g/mol. The molecule has 0 fully saturated rings. The van der Waals surface area contributed by atoms with Gasteiger partial charge in [-0.25, -0.2) is 4.39 Å². The minimum absolute atomic E-state index is 0.0119. The number of carbonyl (C=O) groups excluding carboxylic acids is 2. The number of carbonyl (C=O) groups is 2. The highest BCUT2D eigenvalue weighted by atomic mass is 35.5. The van der Waals surface area contributed by atoms with E-state index in [2.05, 4.69) is 10.6 Å². The van der Waals surface area contributed by atoms with Crippen molar-refractivity contribution in [2.75, 3.05) is 6.54 Å². The molecule has 0 atom stereocenters. The van der Waals surface area contributed by atoms with Crippen LogP contribution < -0.4 is 10.6 Å². The van der Waals surface area contributed by atoms with Crippen LogP contribution in [0.2, 0.25) is 5.02 Å². The Morgan fingerprint density at radius 1 is 1.33 bits per heavy atom. The first kappa shape index (κ1) is 17.2. The van der Waals surface area contributed by atoms with Gasteiger partial charge < -0.3 is 10.6 Å². The van der Waals surface area contributed by atoms with E-state index in [1.54, 1.807) is 0 Å². The molecule has 6 heteroatoms. The van der Waals surface area contributed by atoms with E-state index in [-0.39, 0.29) is 23.0 Å². The van der Waals surface area contributed by atoms with Gasteiger partial charge in [0.15, 0.2) is 0 Å². The topological polar surface area (TPSA) is 58.2 Å². The third-order valence-corrected chi connectivity index (χ3v) is 2.60. The molecule has 0 aliphatic heterocycles. The Bertz CT molecular complexity index is 565. The van der Waals surface area contributed by atoms with E-state index in [9.17, 15) is 14.0 Å². The summed E-state index contributed by atoms with van der Waals surface area (Å²) in [6, 6.07) is 4.13. The summed E-state index contributed by atoms with van der Waals surface area (Å²) in [6.07, 6.45) is 2.75. The number of rotatable bonds is 4. The first-order valence-electron chi connectivity index (χ1n) is 6.39. The van der Waals surface area contributed by atoms with E-state index >= 15 is 0 Å². The lowest BCUT2D eigenvalue weighted by Crippen LogP contribution is -2.45. The van der Waals surface area contributed by atoms with Crippen molar-refractivity contribution in [2.45, 2.75) is 26.3 Å². The Morgan fingerprint density at radius 3 is 2.57 bits per heavy atom. The maximum absolute atomic E-state index is 13.0. The van der Waals surface area contributed by atoms with Crippen LogP contribution in [0.4, 0.5) is 4.39 Å². The maximum atomic E-state index is 13.0. The maximum Gasteiger partial charge on any atom is 0.244 e. The summed E-state index contributed by atoms with van der Waals surface area (Å²) in [5, 5.41) is 5.17. The van der Waals surface area contributed by atoms with Crippen LogP contribution in [0.25, 0.3) is 6.08 Å². The van der Waals surface area contributed by atoms with Crippen LogP contribution in [-0.4, -0.2) is 23.9 Å². The largest absolute Gasteiger partial charge is 0.350 e. The lowest BCUT2D eigenvalue weighted by Gasteiger charge is -2.20. The van der Waals surface area contributed by atoms with Crippen molar-refractivity contribution in [1.82, 2.24) is 10.6 Å². The zero-order chi connectivity index (χ0) is 16.0. The Kier molecular flexibility index (Phi) is 5.90. The van der Waals surface area contributed by atoms with Gasteiger partial charge >= 0.3 is 0 Å². The third kappa shape index (κ3) is 6.90. The Labute approximate surface area is 128 Å². The van der Waals surface area contributed by atoms with E-state index in [0.717, 1.165) is 0 Å². The Hall–Kier alpha value is -1.88. The molecule has 0 aromatic heterocycles. The molecule has 0 aliphatic carbocycles. The molecule has 1 aromatic carbocycles. The zero-order valence-corrected chi connectivity index (χ0v) is 12.9. The van der Waals surface area contributed by atoms with Crippen LogP contribution in [0.1, 0.15) is 26.3 Å². The Morgan fingerprint density at radius 2 is 2.00 bits per heavy atom. The second kappa shape index (κ2) is 7.22. The number of halogens is 2. The normalized spacial score (nSPS) is 11.5. The highest BCUT2D eigenvalue weighted by molar-refractivity contribution is 6.30. The molecule has 0 bridgehead atoms. The summed E-state index contributed by atoms with van der Waals surface area (Å²) in [5.74, 6) is -1.20. The van der Waals surface area contributed by atoms with Crippen LogP contribution in [0.15, 0.2) is 24.3 Å². The van der Waals surface area contributed by atoms with Crippen LogP contribution in [0.5, 0.6) is 0 Å². The van der Waals surface area contributed by atoms with Gasteiger partial charge in [0, 0.05) is 11.6 Å². The summed E-state index contributed by atoms with van der Waals surface area (Å²) in [5.41, 5.74) is 0.249. The summed E-state index contributed by atoms with van der Waals surface area (Å²) in [7, 11) is 0. The number of nitrogens with one attached hydrogen (secondary N) is 2. The molecule has 0 spiro atoms. The van der Waals surface area contributed by atoms with Gasteiger partial charge in [-0.05, 0) is 44.5 Å². The fourth-order valence-electron chi connectivity index (χ4n) is 1.48. The fraction of sp³-hybridized carbons (Fsp3) is 0.333. The van der Waals surface area contributed by atoms with E-state index in [0.29, 0.717) is 5.56 Å². The SMILES string of the molecule is CC(C)(C)NC(=O)CNC(=O)C=Cc1ccc(F)c(Cl)c1. The number of benzene rings is 1. The molecule has 0 radical (unpaired) electrons. The molecule has 4 nitrogen and oxygen atoms in total. The predicted octanol–water partition coefficient (Wildman–Crippen LogP) is 2.52. The van der Waals surface area contributed by atoms with E-state index in [4.69, 9.17) is 11.6 Å². The molecule has 0 aliphatic rings. The zero-order valence-electron chi connectivity index (χ0n) is 12.2. The van der Waals surface area contributed by atoms with Crippen molar-refractivity contribution in [3.8, 4) is 0 Å². The van der Waals surface area contributed by atoms with Gasteiger partial charge in [-0.2, -0.15) is 0 Å². The number of amides is 2. The molecule has 21 heavy (non-hydrogen) atoms. The average Bonchev–Trinajstić information content (AvgIpc) is 2.36. The third-order valence-electron chi connectivity index (χ3n) is 2.31. The van der Waals surface area contributed by atoms with Crippen LogP contribution >= 0.6 is 11.6 Å². The molecule has 1 rings (SSSR count). The molecule has 2 N–H and O–H groups in total. The van der Waals surface area contributed by atoms with Crippen molar-refractivity contribution >= 4 is 29.5 Å². The number of hydrogen-bond acceptors (Lipinski definition) is 2. The molecule has 0 saturated heterocycles. The highest BCUT2D eigenvalue weighted by Gasteiger charge is 2.13. The molecule has 0 heterocycles. The van der Waals surface area contributed by atoms with Crippen molar-refractivity contribution in [2.24, 2.45) is 0 Å². The van der Waals surface area contributed by atoms with E-state index < -0.39 is 11.7 Å². The van der Waals surface area contributed by atoms with Gasteiger partial charge in [0.25, 0.3) is 0 Å². The molecular weight excluding hydrogens is 295 g/mol. The summed E-state index contributed by atoms with van der Waals surface area (Å²) in [4.78, 5) is 23.1. The smallest absolute Gasteiger partial charge is 0.244 e. The Balaban J connectivity index is 2.48. The van der Waals surface area contributed by atoms with Crippen molar-refractivity contribution in [3.63, 3.8) is 0 Å². The molecule has 1 aromatic rings. The van der Waals surface area contributed by atoms with E-state index in [1.165, 1.54) is 30.4 Å². The molecule has 114 valence electrons. The van der Waals surface area contributed by atoms with Crippen LogP contribution in [0, 0.1) is 5.82 Å². The van der Waals surface area contributed by atoms with Gasteiger partial charge in [-0.3, -0.25) is 9.59 Å². The quantitative estimate of drug-likeness (QED) is 0.839. The lowest BCUT2D eigenvalue weighted by atomic mass is 10.1. The first-order chi connectivity index (χ1) is 9.67. The fourth-order valence-corrected chi connectivity index (χ4v) is 1.67. The van der Waals surface area contributed by atoms with Gasteiger partial charge in [0.05, 0.1) is 11.6 Å². The minimum Gasteiger partial charge on any atom is -0.350 e. The summed E-state index contributed by atoms with van der Waals surface area (Å²) >= 11 is 5.63. The van der Waals surface area contributed by atoms with Gasteiger partial charge in [-0.15, -0.1) is 0 Å². The van der Waals surface area contributed by atoms with Crippen LogP contribution in [-0.2, 0) is 9.59 Å². The lowest BCUT2D eigenvalue weighted by molar-refractivity contribution is -0.124. The molecule has 2 amide bonds. The monoisotopic (exact) mass is 312 g/mol. The first-order valence-corrected chi connectivity index (χ1v) is 6.77. The minimum atomic E-state index is -0.517. The van der Waals surface area contributed by atoms with E-state index in [1.807, 2.05) is 20.8 Å². The highest BCUT2D eigenvalue weighted by Crippen LogP contribution is 2.16. The van der Waals surface area contributed by atoms with Crippen LogP contribution in [0.3, 0.4) is 0 Å². The van der Waals surface area contributed by atoms with Crippen molar-refractivity contribution in [1.29, 1.82) is 0 Å². The van der Waals surface area contributed by atoms with Gasteiger partial charge in [0.1, 0.15) is 5.82 Å². The molecule has 0 unspecified atom stereocenters. The summed E-state index contributed by atoms with van der Waals surface area (Å²) < 4.78 is 13.0. The second-order valence-corrected chi connectivity index (χ2v) is 5.93. The standard InChI is InChI=1S/C15H18ClFN2O2/c1-15(2,3)19-14(21)9-18-13(20)7-5-10-4-6-12(17)11(16)8-10/h4-8H,9H2,1-3H3,(H,18,20)(H,19,21). The molecular formula is C15H18ClFN2O2. The number of hydrogen-bond donors (Lipinski definition) is 2. The molecule has 0 saturated carbocycles. The second-order valence-electron chi connectivity index (χ2n) is 5.52. The van der Waals surface area contributed by atoms with Gasteiger partial charge in [-0.1, -0.05) is 17.7 Å². The predicted molar refractivity (Wildman–Crippen MR) is 81.3 cm³/mol. The van der Waals surface area contributed by atoms with Crippen molar-refractivity contribution < 1.29 is 14.0 Å². The summed E-state index contributed by atoms with van der Waals surface area (Å²) in [6.45, 7) is 5.45. The van der Waals surface area contributed by atoms with Crippen molar-refractivity contribution in [3.05, 3.63) is 40.7 Å².